The standard InChI is InChI=1S/C15H16Cl2F3N5S/c16-11-2-1-9(7-12(11)17)24-14-23-8-10(15(18,19)20)13(25-14)22-4-6-26-5-3-21/h1-2,7-8H,3-6,21H2,(H2,22,23,24,25). The molecule has 0 aliphatic carbocycles. The fraction of sp³-hybridized carbons (Fsp3) is 0.333. The molecule has 11 heteroatoms. The Balaban J connectivity index is 2.17. The van der Waals surface area contributed by atoms with Crippen LogP contribution in [0.4, 0.5) is 30.6 Å². The Kier molecular flexibility index (Phi) is 7.63. The van der Waals surface area contributed by atoms with E-state index >= 15 is 0 Å². The van der Waals surface area contributed by atoms with Crippen LogP contribution >= 0.6 is 35.0 Å². The van der Waals surface area contributed by atoms with E-state index in [1.807, 2.05) is 0 Å². The lowest BCUT2D eigenvalue weighted by Crippen LogP contribution is -2.16. The van der Waals surface area contributed by atoms with E-state index in [0.717, 1.165) is 11.9 Å². The zero-order chi connectivity index (χ0) is 19.2. The molecule has 1 heterocycles. The van der Waals surface area contributed by atoms with Crippen LogP contribution in [0, 0.1) is 0 Å². The summed E-state index contributed by atoms with van der Waals surface area (Å²) in [7, 11) is 0. The molecule has 0 saturated carbocycles. The number of nitrogens with two attached hydrogens (primary N) is 1. The molecule has 4 N–H and O–H groups in total. The molecule has 0 aliphatic rings. The summed E-state index contributed by atoms with van der Waals surface area (Å²) < 4.78 is 39.4. The van der Waals surface area contributed by atoms with E-state index < -0.39 is 11.7 Å². The Morgan fingerprint density at radius 2 is 1.92 bits per heavy atom. The number of hydrogen-bond acceptors (Lipinski definition) is 6. The molecule has 0 saturated heterocycles. The van der Waals surface area contributed by atoms with E-state index in [-0.39, 0.29) is 11.8 Å². The van der Waals surface area contributed by atoms with Gasteiger partial charge < -0.3 is 16.4 Å². The van der Waals surface area contributed by atoms with Gasteiger partial charge in [-0.15, -0.1) is 0 Å². The van der Waals surface area contributed by atoms with Crippen molar-refractivity contribution in [2.75, 3.05) is 35.2 Å². The van der Waals surface area contributed by atoms with Gasteiger partial charge in [-0.25, -0.2) is 4.98 Å². The number of alkyl halides is 3. The predicted molar refractivity (Wildman–Crippen MR) is 102 cm³/mol. The zero-order valence-electron chi connectivity index (χ0n) is 13.4. The summed E-state index contributed by atoms with van der Waals surface area (Å²) in [5.41, 5.74) is 4.95. The SMILES string of the molecule is NCCSCCNc1nc(Nc2ccc(Cl)c(Cl)c2)ncc1C(F)(F)F. The van der Waals surface area contributed by atoms with Crippen LogP contribution < -0.4 is 16.4 Å². The molecule has 1 aromatic carbocycles. The van der Waals surface area contributed by atoms with Gasteiger partial charge in [-0.1, -0.05) is 23.2 Å². The summed E-state index contributed by atoms with van der Waals surface area (Å²) >= 11 is 13.3. The van der Waals surface area contributed by atoms with Crippen LogP contribution in [0.1, 0.15) is 5.56 Å². The molecular weight excluding hydrogens is 410 g/mol. The number of nitrogens with zero attached hydrogens (tertiary/aromatic N) is 2. The first kappa shape index (κ1) is 20.9. The lowest BCUT2D eigenvalue weighted by Gasteiger charge is -2.15. The van der Waals surface area contributed by atoms with Crippen LogP contribution in [0.2, 0.25) is 10.0 Å². The second kappa shape index (κ2) is 9.50. The maximum absolute atomic E-state index is 13.1. The Morgan fingerprint density at radius 3 is 2.58 bits per heavy atom. The lowest BCUT2D eigenvalue weighted by molar-refractivity contribution is -0.137. The molecule has 0 atom stereocenters. The van der Waals surface area contributed by atoms with Crippen LogP contribution in [0.25, 0.3) is 0 Å². The Hall–Kier alpha value is -1.42. The first-order valence-corrected chi connectivity index (χ1v) is 9.40. The quantitative estimate of drug-likeness (QED) is 0.534. The molecule has 26 heavy (non-hydrogen) atoms. The van der Waals surface area contributed by atoms with Gasteiger partial charge in [0.15, 0.2) is 0 Å². The number of anilines is 3. The second-order valence-corrected chi connectivity index (χ2v) is 7.07. The first-order valence-electron chi connectivity index (χ1n) is 7.49. The highest BCUT2D eigenvalue weighted by atomic mass is 35.5. The molecule has 0 amide bonds. The number of aromatic nitrogens is 2. The van der Waals surface area contributed by atoms with Gasteiger partial charge >= 0.3 is 6.18 Å². The van der Waals surface area contributed by atoms with Crippen molar-refractivity contribution in [3.05, 3.63) is 40.0 Å². The van der Waals surface area contributed by atoms with Crippen molar-refractivity contribution in [2.45, 2.75) is 6.18 Å². The van der Waals surface area contributed by atoms with Crippen molar-refractivity contribution in [1.29, 1.82) is 0 Å². The van der Waals surface area contributed by atoms with Crippen LogP contribution in [-0.2, 0) is 6.18 Å². The maximum Gasteiger partial charge on any atom is 0.421 e. The van der Waals surface area contributed by atoms with E-state index in [0.29, 0.717) is 34.6 Å². The predicted octanol–water partition coefficient (Wildman–Crippen LogP) is 4.65. The van der Waals surface area contributed by atoms with Crippen molar-refractivity contribution in [3.8, 4) is 0 Å². The normalized spacial score (nSPS) is 11.5. The molecule has 2 rings (SSSR count). The number of hydrogen-bond donors (Lipinski definition) is 3. The molecule has 142 valence electrons. The molecule has 0 spiro atoms. The largest absolute Gasteiger partial charge is 0.421 e. The van der Waals surface area contributed by atoms with Gasteiger partial charge in [0.2, 0.25) is 5.95 Å². The van der Waals surface area contributed by atoms with Gasteiger partial charge in [-0.2, -0.15) is 29.9 Å². The average Bonchev–Trinajstić information content (AvgIpc) is 2.57. The van der Waals surface area contributed by atoms with Crippen molar-refractivity contribution < 1.29 is 13.2 Å². The molecule has 0 aliphatic heterocycles. The van der Waals surface area contributed by atoms with Crippen LogP contribution in [-0.4, -0.2) is 34.6 Å². The maximum atomic E-state index is 13.1. The smallest absolute Gasteiger partial charge is 0.369 e. The third-order valence-corrected chi connectivity index (χ3v) is 4.83. The third-order valence-electron chi connectivity index (χ3n) is 3.07. The summed E-state index contributed by atoms with van der Waals surface area (Å²) in [5.74, 6) is 1.06. The van der Waals surface area contributed by atoms with E-state index in [9.17, 15) is 13.2 Å². The Morgan fingerprint density at radius 1 is 1.15 bits per heavy atom. The van der Waals surface area contributed by atoms with Crippen molar-refractivity contribution in [3.63, 3.8) is 0 Å². The average molecular weight is 426 g/mol. The van der Waals surface area contributed by atoms with Crippen molar-refractivity contribution >= 4 is 52.4 Å². The van der Waals surface area contributed by atoms with Gasteiger partial charge in [0.25, 0.3) is 0 Å². The Labute approximate surface area is 162 Å². The van der Waals surface area contributed by atoms with Crippen molar-refractivity contribution in [2.24, 2.45) is 5.73 Å². The molecule has 0 unspecified atom stereocenters. The van der Waals surface area contributed by atoms with Crippen LogP contribution in [0.5, 0.6) is 0 Å². The number of nitrogens with one attached hydrogen (secondary N) is 2. The monoisotopic (exact) mass is 425 g/mol. The summed E-state index contributed by atoms with van der Waals surface area (Å²) in [6.45, 7) is 0.834. The van der Waals surface area contributed by atoms with Gasteiger partial charge in [-0.05, 0) is 18.2 Å². The van der Waals surface area contributed by atoms with E-state index in [1.54, 1.807) is 23.9 Å². The van der Waals surface area contributed by atoms with Gasteiger partial charge in [-0.3, -0.25) is 0 Å². The van der Waals surface area contributed by atoms with Gasteiger partial charge in [0, 0.05) is 36.5 Å². The van der Waals surface area contributed by atoms with Crippen LogP contribution in [0.3, 0.4) is 0 Å². The number of benzene rings is 1. The second-order valence-electron chi connectivity index (χ2n) is 5.04. The molecule has 1 aromatic heterocycles. The van der Waals surface area contributed by atoms with Gasteiger partial charge in [0.05, 0.1) is 10.0 Å². The lowest BCUT2D eigenvalue weighted by atomic mass is 10.3. The molecule has 0 radical (unpaired) electrons. The Bertz CT molecular complexity index is 746. The highest BCUT2D eigenvalue weighted by Gasteiger charge is 2.35. The fourth-order valence-electron chi connectivity index (χ4n) is 1.91. The summed E-state index contributed by atoms with van der Waals surface area (Å²) in [5, 5.41) is 6.18. The first-order chi connectivity index (χ1) is 12.3. The number of rotatable bonds is 8. The van der Waals surface area contributed by atoms with Gasteiger partial charge in [0.1, 0.15) is 11.4 Å². The van der Waals surface area contributed by atoms with Crippen LogP contribution in [0.15, 0.2) is 24.4 Å². The highest BCUT2D eigenvalue weighted by Crippen LogP contribution is 2.34. The number of halogens is 5. The fourth-order valence-corrected chi connectivity index (χ4v) is 2.83. The molecular formula is C15H16Cl2F3N5S. The summed E-state index contributed by atoms with van der Waals surface area (Å²) in [6, 6.07) is 4.71. The molecule has 0 bridgehead atoms. The summed E-state index contributed by atoms with van der Waals surface area (Å²) in [4.78, 5) is 7.67. The molecule has 2 aromatic rings. The topological polar surface area (TPSA) is 75.9 Å². The van der Waals surface area contributed by atoms with E-state index in [2.05, 4.69) is 20.6 Å². The molecule has 5 nitrogen and oxygen atoms in total. The molecule has 0 fully saturated rings. The van der Waals surface area contributed by atoms with Crippen molar-refractivity contribution in [1.82, 2.24) is 9.97 Å². The highest BCUT2D eigenvalue weighted by molar-refractivity contribution is 7.99. The minimum absolute atomic E-state index is 0.00787. The zero-order valence-corrected chi connectivity index (χ0v) is 15.7. The van der Waals surface area contributed by atoms with E-state index in [4.69, 9.17) is 28.9 Å². The summed E-state index contributed by atoms with van der Waals surface area (Å²) in [6.07, 6.45) is -3.82. The minimum Gasteiger partial charge on any atom is -0.369 e. The third kappa shape index (κ3) is 6.08. The number of thioether (sulfide) groups is 1. The van der Waals surface area contributed by atoms with E-state index in [1.165, 1.54) is 6.07 Å². The minimum atomic E-state index is -4.56.